The fourth-order valence-corrected chi connectivity index (χ4v) is 1.70. The summed E-state index contributed by atoms with van der Waals surface area (Å²) in [5.41, 5.74) is 1.55. The van der Waals surface area contributed by atoms with Crippen LogP contribution in [0.1, 0.15) is 25.0 Å². The van der Waals surface area contributed by atoms with Crippen molar-refractivity contribution in [3.8, 4) is 0 Å². The summed E-state index contributed by atoms with van der Waals surface area (Å²) >= 11 is 0. The van der Waals surface area contributed by atoms with Gasteiger partial charge in [0.05, 0.1) is 11.6 Å². The number of hydrogen-bond acceptors (Lipinski definition) is 3. The van der Waals surface area contributed by atoms with Crippen molar-refractivity contribution < 1.29 is 10.2 Å². The van der Waals surface area contributed by atoms with Crippen molar-refractivity contribution in [1.29, 1.82) is 0 Å². The summed E-state index contributed by atoms with van der Waals surface area (Å²) in [4.78, 5) is 4.25. The first-order chi connectivity index (χ1) is 7.72. The molecule has 0 fully saturated rings. The average molecular weight is 217 g/mol. The van der Waals surface area contributed by atoms with Crippen LogP contribution in [0.4, 0.5) is 0 Å². The lowest BCUT2D eigenvalue weighted by molar-refractivity contribution is 0.0164. The number of rotatable bonds is 3. The van der Waals surface area contributed by atoms with E-state index in [1.54, 1.807) is 6.20 Å². The molecular weight excluding hydrogens is 202 g/mol. The van der Waals surface area contributed by atoms with Crippen molar-refractivity contribution in [3.63, 3.8) is 0 Å². The molecular formula is C13H15NO2. The summed E-state index contributed by atoms with van der Waals surface area (Å²) in [7, 11) is 0. The molecule has 1 heterocycles. The molecule has 84 valence electrons. The summed E-state index contributed by atoms with van der Waals surface area (Å²) < 4.78 is 0. The maximum Gasteiger partial charge on any atom is 0.106 e. The van der Waals surface area contributed by atoms with E-state index < -0.39 is 12.2 Å². The van der Waals surface area contributed by atoms with Crippen LogP contribution in [0.15, 0.2) is 36.5 Å². The fourth-order valence-electron chi connectivity index (χ4n) is 1.70. The van der Waals surface area contributed by atoms with E-state index in [1.807, 2.05) is 37.3 Å². The molecule has 0 saturated heterocycles. The van der Waals surface area contributed by atoms with E-state index in [2.05, 4.69) is 4.98 Å². The lowest BCUT2D eigenvalue weighted by Gasteiger charge is -2.16. The Kier molecular flexibility index (Phi) is 3.17. The van der Waals surface area contributed by atoms with Crippen molar-refractivity contribution in [2.45, 2.75) is 25.6 Å². The van der Waals surface area contributed by atoms with Crippen LogP contribution in [-0.2, 0) is 0 Å². The summed E-state index contributed by atoms with van der Waals surface area (Å²) in [6.45, 7) is 1.84. The second kappa shape index (κ2) is 4.60. The normalized spacial score (nSPS) is 14.9. The third-order valence-corrected chi connectivity index (χ3v) is 2.74. The van der Waals surface area contributed by atoms with Gasteiger partial charge in [0.2, 0.25) is 0 Å². The molecule has 16 heavy (non-hydrogen) atoms. The van der Waals surface area contributed by atoms with Crippen LogP contribution in [0.2, 0.25) is 0 Å². The fraction of sp³-hybridized carbons (Fsp3) is 0.308. The molecule has 1 aromatic heterocycles. The Balaban J connectivity index is 2.39. The number of fused-ring (bicyclic) bond motifs is 1. The zero-order valence-electron chi connectivity index (χ0n) is 9.17. The lowest BCUT2D eigenvalue weighted by atomic mass is 10.0. The smallest absolute Gasteiger partial charge is 0.106 e. The minimum absolute atomic E-state index is 0.522. The first kappa shape index (κ1) is 11.0. The molecule has 0 aliphatic carbocycles. The third-order valence-electron chi connectivity index (χ3n) is 2.74. The Hall–Kier alpha value is -1.45. The standard InChI is InChI=1S/C13H15NO2/c1-2-12(15)13(16)10-7-9-5-3-4-6-11(9)14-8-10/h3-8,12-13,15-16H,2H2,1H3. The van der Waals surface area contributed by atoms with E-state index in [9.17, 15) is 10.2 Å². The molecule has 0 radical (unpaired) electrons. The van der Waals surface area contributed by atoms with E-state index in [0.717, 1.165) is 10.9 Å². The highest BCUT2D eigenvalue weighted by Crippen LogP contribution is 2.21. The number of nitrogens with zero attached hydrogens (tertiary/aromatic N) is 1. The highest BCUT2D eigenvalue weighted by molar-refractivity contribution is 5.78. The molecule has 3 heteroatoms. The zero-order chi connectivity index (χ0) is 11.5. The molecule has 0 bridgehead atoms. The molecule has 0 aliphatic rings. The van der Waals surface area contributed by atoms with Crippen LogP contribution >= 0.6 is 0 Å². The molecule has 2 atom stereocenters. The van der Waals surface area contributed by atoms with Gasteiger partial charge < -0.3 is 10.2 Å². The molecule has 0 aliphatic heterocycles. The molecule has 0 amide bonds. The van der Waals surface area contributed by atoms with Gasteiger partial charge in [0.15, 0.2) is 0 Å². The maximum atomic E-state index is 9.86. The van der Waals surface area contributed by atoms with Crippen molar-refractivity contribution in [1.82, 2.24) is 4.98 Å². The molecule has 0 saturated carbocycles. The zero-order valence-corrected chi connectivity index (χ0v) is 9.17. The summed E-state index contributed by atoms with van der Waals surface area (Å²) in [6.07, 6.45) is 0.546. The molecule has 2 unspecified atom stereocenters. The van der Waals surface area contributed by atoms with Gasteiger partial charge in [-0.15, -0.1) is 0 Å². The predicted molar refractivity (Wildman–Crippen MR) is 63.0 cm³/mol. The van der Waals surface area contributed by atoms with E-state index in [0.29, 0.717) is 12.0 Å². The lowest BCUT2D eigenvalue weighted by Crippen LogP contribution is -2.17. The molecule has 0 spiro atoms. The van der Waals surface area contributed by atoms with Gasteiger partial charge >= 0.3 is 0 Å². The van der Waals surface area contributed by atoms with E-state index >= 15 is 0 Å². The van der Waals surface area contributed by atoms with Crippen LogP contribution in [0.5, 0.6) is 0 Å². The van der Waals surface area contributed by atoms with Gasteiger partial charge in [-0.3, -0.25) is 4.98 Å². The van der Waals surface area contributed by atoms with Gasteiger partial charge in [-0.05, 0) is 18.6 Å². The highest BCUT2D eigenvalue weighted by atomic mass is 16.3. The second-order valence-corrected chi connectivity index (χ2v) is 3.88. The number of benzene rings is 1. The van der Waals surface area contributed by atoms with Crippen LogP contribution < -0.4 is 0 Å². The second-order valence-electron chi connectivity index (χ2n) is 3.88. The van der Waals surface area contributed by atoms with Gasteiger partial charge in [0.25, 0.3) is 0 Å². The van der Waals surface area contributed by atoms with E-state index in [4.69, 9.17) is 0 Å². The van der Waals surface area contributed by atoms with E-state index in [1.165, 1.54) is 0 Å². The summed E-state index contributed by atoms with van der Waals surface area (Å²) in [6, 6.07) is 9.58. The SMILES string of the molecule is CCC(O)C(O)c1cnc2ccccc2c1. The number of aliphatic hydroxyl groups excluding tert-OH is 2. The van der Waals surface area contributed by atoms with Crippen molar-refractivity contribution >= 4 is 10.9 Å². The minimum Gasteiger partial charge on any atom is -0.390 e. The number of para-hydroxylation sites is 1. The monoisotopic (exact) mass is 217 g/mol. The number of pyridine rings is 1. The van der Waals surface area contributed by atoms with Gasteiger partial charge in [0, 0.05) is 17.1 Å². The minimum atomic E-state index is -0.859. The topological polar surface area (TPSA) is 53.4 Å². The molecule has 1 aromatic carbocycles. The Morgan fingerprint density at radius 3 is 2.75 bits per heavy atom. The van der Waals surface area contributed by atoms with E-state index in [-0.39, 0.29) is 0 Å². The Morgan fingerprint density at radius 1 is 1.25 bits per heavy atom. The molecule has 3 nitrogen and oxygen atoms in total. The molecule has 2 N–H and O–H groups in total. The van der Waals surface area contributed by atoms with Gasteiger partial charge in [-0.1, -0.05) is 25.1 Å². The molecule has 2 aromatic rings. The average Bonchev–Trinajstić information content (AvgIpc) is 2.36. The van der Waals surface area contributed by atoms with Crippen LogP contribution in [0, 0.1) is 0 Å². The van der Waals surface area contributed by atoms with Gasteiger partial charge in [0.1, 0.15) is 6.10 Å². The molecule has 2 rings (SSSR count). The number of aliphatic hydroxyl groups is 2. The van der Waals surface area contributed by atoms with Crippen LogP contribution in [0.25, 0.3) is 10.9 Å². The van der Waals surface area contributed by atoms with Crippen molar-refractivity contribution in [2.75, 3.05) is 0 Å². The number of aromatic nitrogens is 1. The maximum absolute atomic E-state index is 9.86. The Labute approximate surface area is 94.4 Å². The summed E-state index contributed by atoms with van der Waals surface area (Å²) in [5.74, 6) is 0. The summed E-state index contributed by atoms with van der Waals surface area (Å²) in [5, 5.41) is 20.4. The largest absolute Gasteiger partial charge is 0.390 e. The third kappa shape index (κ3) is 2.05. The quantitative estimate of drug-likeness (QED) is 0.827. The van der Waals surface area contributed by atoms with Gasteiger partial charge in [-0.2, -0.15) is 0 Å². The Morgan fingerprint density at radius 2 is 2.00 bits per heavy atom. The first-order valence-corrected chi connectivity index (χ1v) is 5.43. The van der Waals surface area contributed by atoms with Crippen molar-refractivity contribution in [2.24, 2.45) is 0 Å². The first-order valence-electron chi connectivity index (χ1n) is 5.43. The number of hydrogen-bond donors (Lipinski definition) is 2. The van der Waals surface area contributed by atoms with Crippen molar-refractivity contribution in [3.05, 3.63) is 42.1 Å². The Bertz CT molecular complexity index is 484. The van der Waals surface area contributed by atoms with Crippen LogP contribution in [-0.4, -0.2) is 21.3 Å². The van der Waals surface area contributed by atoms with Crippen LogP contribution in [0.3, 0.4) is 0 Å². The predicted octanol–water partition coefficient (Wildman–Crippen LogP) is 2.04. The van der Waals surface area contributed by atoms with Gasteiger partial charge in [-0.25, -0.2) is 0 Å². The highest BCUT2D eigenvalue weighted by Gasteiger charge is 2.16.